The quantitative estimate of drug-likeness (QED) is 0.293. The van der Waals surface area contributed by atoms with E-state index in [9.17, 15) is 9.36 Å². The van der Waals surface area contributed by atoms with Crippen LogP contribution in [0.3, 0.4) is 0 Å². The Balaban J connectivity index is 3.63. The molecular formula is C12H27N2O5PSSi. The first-order valence-electron chi connectivity index (χ1n) is 7.11. The van der Waals surface area contributed by atoms with Crippen LogP contribution in [0.1, 0.15) is 13.3 Å². The number of hydrogen-bond donors (Lipinski definition) is 2. The molecule has 0 aliphatic carbocycles. The lowest BCUT2D eigenvalue weighted by atomic mass is 10.5. The van der Waals surface area contributed by atoms with E-state index in [2.05, 4.69) is 10.6 Å². The van der Waals surface area contributed by atoms with Gasteiger partial charge in [0.1, 0.15) is 0 Å². The summed E-state index contributed by atoms with van der Waals surface area (Å²) < 4.78 is 26.5. The van der Waals surface area contributed by atoms with E-state index >= 15 is 0 Å². The third-order valence-electron chi connectivity index (χ3n) is 2.95. The van der Waals surface area contributed by atoms with Crippen LogP contribution in [0.2, 0.25) is 6.04 Å². The van der Waals surface area contributed by atoms with E-state index in [0.29, 0.717) is 19.1 Å². The predicted molar refractivity (Wildman–Crippen MR) is 92.0 cm³/mol. The maximum Gasteiger partial charge on any atom is 0.500 e. The first kappa shape index (κ1) is 21.8. The van der Waals surface area contributed by atoms with Crippen LogP contribution < -0.4 is 10.6 Å². The standard InChI is InChI=1S/C12H27N2O5PSSi/c1-11(20-16)10-21-8-7-14-12(15)13-6-5-9-22(17-2,18-3)19-4/h11H,5-10H2,1-4H3,(H2,13,14,15). The highest BCUT2D eigenvalue weighted by atomic mass is 32.2. The molecule has 10 heteroatoms. The number of thioether (sulfide) groups is 1. The van der Waals surface area contributed by atoms with E-state index in [1.54, 1.807) is 33.1 Å². The van der Waals surface area contributed by atoms with Crippen LogP contribution in [-0.2, 0) is 17.8 Å². The largest absolute Gasteiger partial charge is 0.500 e. The van der Waals surface area contributed by atoms with Gasteiger partial charge in [0.05, 0.1) is 0 Å². The van der Waals surface area contributed by atoms with Gasteiger partial charge in [0.25, 0.3) is 0 Å². The fraction of sp³-hybridized carbons (Fsp3) is 0.917. The van der Waals surface area contributed by atoms with Crippen LogP contribution >= 0.6 is 20.2 Å². The van der Waals surface area contributed by atoms with Gasteiger partial charge in [-0.3, -0.25) is 4.57 Å². The van der Waals surface area contributed by atoms with Gasteiger partial charge >= 0.3 is 14.8 Å². The molecule has 0 spiro atoms. The monoisotopic (exact) mass is 370 g/mol. The van der Waals surface area contributed by atoms with Crippen molar-refractivity contribution in [2.75, 3.05) is 45.9 Å². The van der Waals surface area contributed by atoms with Crippen LogP contribution in [0.4, 0.5) is 4.79 Å². The number of amides is 2. The Labute approximate surface area is 139 Å². The molecule has 2 N–H and O–H groups in total. The summed E-state index contributed by atoms with van der Waals surface area (Å²) in [6.45, 7) is 3.05. The molecule has 1 unspecified atom stereocenters. The van der Waals surface area contributed by atoms with Gasteiger partial charge in [-0.1, -0.05) is 6.92 Å². The third-order valence-corrected chi connectivity index (χ3v) is 7.80. The van der Waals surface area contributed by atoms with E-state index < -0.39 is 8.80 Å². The third kappa shape index (κ3) is 9.76. The van der Waals surface area contributed by atoms with Gasteiger partial charge in [-0.25, -0.2) is 4.79 Å². The fourth-order valence-electron chi connectivity index (χ4n) is 1.65. The van der Waals surface area contributed by atoms with Crippen molar-refractivity contribution >= 4 is 35.1 Å². The topological polar surface area (TPSA) is 85.9 Å². The van der Waals surface area contributed by atoms with E-state index in [1.165, 1.54) is 0 Å². The van der Waals surface area contributed by atoms with Crippen LogP contribution in [-0.4, -0.2) is 66.4 Å². The SMILES string of the molecule is CO[Si](CCCNC(=O)NCCSCC(C)P=O)(OC)OC. The van der Waals surface area contributed by atoms with Crippen molar-refractivity contribution in [3.05, 3.63) is 0 Å². The zero-order valence-corrected chi connectivity index (χ0v) is 16.4. The van der Waals surface area contributed by atoms with E-state index in [4.69, 9.17) is 13.3 Å². The van der Waals surface area contributed by atoms with Crippen LogP contribution in [0.15, 0.2) is 0 Å². The molecule has 0 heterocycles. The van der Waals surface area contributed by atoms with Crippen molar-refractivity contribution in [2.24, 2.45) is 0 Å². The van der Waals surface area contributed by atoms with Gasteiger partial charge in [0.15, 0.2) is 8.46 Å². The average molecular weight is 370 g/mol. The summed E-state index contributed by atoms with van der Waals surface area (Å²) in [5.41, 5.74) is 0.158. The second-order valence-corrected chi connectivity index (χ2v) is 9.94. The molecule has 0 aliphatic heterocycles. The number of carbonyl (C=O) groups is 1. The zero-order chi connectivity index (χ0) is 16.8. The molecule has 0 aromatic carbocycles. The van der Waals surface area contributed by atoms with Crippen molar-refractivity contribution in [2.45, 2.75) is 25.0 Å². The number of carbonyl (C=O) groups excluding carboxylic acids is 1. The van der Waals surface area contributed by atoms with Gasteiger partial charge < -0.3 is 23.9 Å². The maximum absolute atomic E-state index is 11.6. The number of nitrogens with one attached hydrogen (secondary N) is 2. The highest BCUT2D eigenvalue weighted by Crippen LogP contribution is 2.14. The van der Waals surface area contributed by atoms with E-state index in [1.807, 2.05) is 6.92 Å². The van der Waals surface area contributed by atoms with Gasteiger partial charge in [-0.05, 0) is 6.42 Å². The lowest BCUT2D eigenvalue weighted by Gasteiger charge is -2.24. The van der Waals surface area contributed by atoms with Gasteiger partial charge in [-0.2, -0.15) is 11.8 Å². The van der Waals surface area contributed by atoms with E-state index in [0.717, 1.165) is 17.9 Å². The minimum Gasteiger partial charge on any atom is -0.377 e. The molecule has 2 amide bonds. The summed E-state index contributed by atoms with van der Waals surface area (Å²) >= 11 is 1.68. The second kappa shape index (κ2) is 13.3. The Bertz CT molecular complexity index is 316. The summed E-state index contributed by atoms with van der Waals surface area (Å²) in [6, 6.07) is 0.467. The molecule has 0 bridgehead atoms. The van der Waals surface area contributed by atoms with Crippen molar-refractivity contribution < 1.29 is 22.6 Å². The lowest BCUT2D eigenvalue weighted by molar-refractivity contribution is 0.123. The zero-order valence-electron chi connectivity index (χ0n) is 13.7. The van der Waals surface area contributed by atoms with Gasteiger partial charge in [-0.15, -0.1) is 0 Å². The van der Waals surface area contributed by atoms with Crippen molar-refractivity contribution in [3.8, 4) is 0 Å². The molecule has 1 atom stereocenters. The molecule has 0 radical (unpaired) electrons. The Hall–Kier alpha value is -0.183. The molecule has 22 heavy (non-hydrogen) atoms. The van der Waals surface area contributed by atoms with Crippen LogP contribution in [0.5, 0.6) is 0 Å². The first-order chi connectivity index (χ1) is 10.5. The summed E-state index contributed by atoms with van der Waals surface area (Å²) in [5.74, 6) is 1.63. The molecule has 0 saturated carbocycles. The Morgan fingerprint density at radius 1 is 1.18 bits per heavy atom. The number of urea groups is 1. The van der Waals surface area contributed by atoms with Gasteiger partial charge in [0.2, 0.25) is 0 Å². The lowest BCUT2D eigenvalue weighted by Crippen LogP contribution is -2.44. The summed E-state index contributed by atoms with van der Waals surface area (Å²) in [6.07, 6.45) is 0.726. The average Bonchev–Trinajstić information content (AvgIpc) is 2.55. The second-order valence-electron chi connectivity index (χ2n) is 4.61. The Kier molecular flexibility index (Phi) is 13.2. The molecule has 0 aromatic rings. The van der Waals surface area contributed by atoms with Gasteiger partial charge in [0, 0.05) is 57.6 Å². The minimum absolute atomic E-state index is 0.158. The molecule has 0 rings (SSSR count). The molecule has 0 saturated heterocycles. The molecule has 0 aliphatic rings. The highest BCUT2D eigenvalue weighted by Gasteiger charge is 2.36. The van der Waals surface area contributed by atoms with Crippen molar-refractivity contribution in [3.63, 3.8) is 0 Å². The number of rotatable bonds is 13. The summed E-state index contributed by atoms with van der Waals surface area (Å²) in [4.78, 5) is 11.6. The van der Waals surface area contributed by atoms with Crippen molar-refractivity contribution in [1.29, 1.82) is 0 Å². The molecule has 7 nitrogen and oxygen atoms in total. The molecule has 0 fully saturated rings. The number of hydrogen-bond acceptors (Lipinski definition) is 6. The van der Waals surface area contributed by atoms with Crippen molar-refractivity contribution in [1.82, 2.24) is 10.6 Å². The molecule has 0 aromatic heterocycles. The Morgan fingerprint density at radius 2 is 1.77 bits per heavy atom. The summed E-state index contributed by atoms with van der Waals surface area (Å²) in [7, 11) is 2.35. The minimum atomic E-state index is -2.54. The normalized spacial score (nSPS) is 13.1. The predicted octanol–water partition coefficient (Wildman–Crippen LogP) is 1.97. The fourth-order valence-corrected chi connectivity index (χ4v) is 4.68. The Morgan fingerprint density at radius 3 is 2.32 bits per heavy atom. The maximum atomic E-state index is 11.6. The smallest absolute Gasteiger partial charge is 0.377 e. The highest BCUT2D eigenvalue weighted by molar-refractivity contribution is 7.99. The van der Waals surface area contributed by atoms with E-state index in [-0.39, 0.29) is 20.2 Å². The molecule has 130 valence electrons. The van der Waals surface area contributed by atoms with Crippen LogP contribution in [0.25, 0.3) is 0 Å². The van der Waals surface area contributed by atoms with Crippen LogP contribution in [0, 0.1) is 0 Å². The molecular weight excluding hydrogens is 343 g/mol. The summed E-state index contributed by atoms with van der Waals surface area (Å²) in [5, 5.41) is 5.56. The first-order valence-corrected chi connectivity index (χ1v) is 11.1.